The number of amides is 2. The van der Waals surface area contributed by atoms with Crippen molar-refractivity contribution in [2.45, 2.75) is 45.1 Å². The highest BCUT2D eigenvalue weighted by Crippen LogP contribution is 2.34. The summed E-state index contributed by atoms with van der Waals surface area (Å²) in [5, 5.41) is 3.83. The Morgan fingerprint density at radius 2 is 1.88 bits per heavy atom. The lowest BCUT2D eigenvalue weighted by atomic mass is 10.1. The fourth-order valence-electron chi connectivity index (χ4n) is 4.39. The van der Waals surface area contributed by atoms with Crippen molar-refractivity contribution < 1.29 is 19.1 Å². The molecule has 1 aliphatic carbocycles. The highest BCUT2D eigenvalue weighted by molar-refractivity contribution is 6.30. The molecule has 2 aliphatic rings. The molecule has 4 rings (SSSR count). The number of benzene rings is 2. The maximum absolute atomic E-state index is 12.9. The molecule has 2 amide bonds. The lowest BCUT2D eigenvalue weighted by Crippen LogP contribution is -2.38. The van der Waals surface area contributed by atoms with Crippen LogP contribution in [0.15, 0.2) is 36.4 Å². The third-order valence-corrected chi connectivity index (χ3v) is 6.29. The number of piperidine rings is 1. The molecule has 1 saturated heterocycles. The number of aryl methyl sites for hydroxylation is 1. The molecule has 7 heteroatoms. The molecule has 1 fully saturated rings. The zero-order valence-electron chi connectivity index (χ0n) is 18.4. The molecule has 32 heavy (non-hydrogen) atoms. The van der Waals surface area contributed by atoms with Gasteiger partial charge in [-0.05, 0) is 80.5 Å². The molecule has 1 N–H and O–H groups in total. The van der Waals surface area contributed by atoms with Gasteiger partial charge in [0.15, 0.2) is 18.1 Å². The highest BCUT2D eigenvalue weighted by atomic mass is 35.5. The first-order valence-electron chi connectivity index (χ1n) is 11.3. The van der Waals surface area contributed by atoms with Crippen molar-refractivity contribution >= 4 is 23.4 Å². The number of carbonyl (C=O) groups excluding carboxylic acids is 2. The predicted molar refractivity (Wildman–Crippen MR) is 124 cm³/mol. The van der Waals surface area contributed by atoms with Crippen LogP contribution in [0.1, 0.15) is 60.1 Å². The second kappa shape index (κ2) is 10.3. The second-order valence-corrected chi connectivity index (χ2v) is 8.67. The standard InChI is InChI=1S/C25H29ClN2O4/c1-2-31-23-15-18(7-11-22(23)32-16-24(29)28-12-4-3-5-13-28)25(30)27-21-10-6-17-14-19(26)8-9-20(17)21/h7-9,11,14-15,21H,2-6,10,12-13,16H2,1H3,(H,27,30). The maximum atomic E-state index is 12.9. The van der Waals surface area contributed by atoms with Crippen LogP contribution in [0.2, 0.25) is 5.02 Å². The van der Waals surface area contributed by atoms with E-state index in [2.05, 4.69) is 5.32 Å². The zero-order chi connectivity index (χ0) is 22.5. The molecule has 0 aromatic heterocycles. The van der Waals surface area contributed by atoms with Gasteiger partial charge in [-0.25, -0.2) is 0 Å². The van der Waals surface area contributed by atoms with E-state index in [9.17, 15) is 9.59 Å². The Kier molecular flexibility index (Phi) is 7.20. The molecule has 170 valence electrons. The van der Waals surface area contributed by atoms with E-state index in [0.29, 0.717) is 28.7 Å². The number of ether oxygens (including phenoxy) is 2. The van der Waals surface area contributed by atoms with Crippen LogP contribution >= 0.6 is 11.6 Å². The molecule has 2 aromatic carbocycles. The van der Waals surface area contributed by atoms with Crippen LogP contribution in [0.3, 0.4) is 0 Å². The molecule has 2 aromatic rings. The third-order valence-electron chi connectivity index (χ3n) is 6.05. The van der Waals surface area contributed by atoms with Crippen LogP contribution < -0.4 is 14.8 Å². The van der Waals surface area contributed by atoms with Crippen LogP contribution in [0.5, 0.6) is 11.5 Å². The Hall–Kier alpha value is -2.73. The second-order valence-electron chi connectivity index (χ2n) is 8.23. The number of hydrogen-bond donors (Lipinski definition) is 1. The number of nitrogens with zero attached hydrogens (tertiary/aromatic N) is 1. The van der Waals surface area contributed by atoms with Gasteiger partial charge in [0.05, 0.1) is 12.6 Å². The minimum absolute atomic E-state index is 0.0195. The number of carbonyl (C=O) groups is 2. The largest absolute Gasteiger partial charge is 0.490 e. The van der Waals surface area contributed by atoms with Gasteiger partial charge in [-0.2, -0.15) is 0 Å². The SMILES string of the molecule is CCOc1cc(C(=O)NC2CCc3cc(Cl)ccc32)ccc1OCC(=O)N1CCCCC1. The summed E-state index contributed by atoms with van der Waals surface area (Å²) in [6.45, 7) is 3.84. The normalized spacial score (nSPS) is 17.6. The summed E-state index contributed by atoms with van der Waals surface area (Å²) in [5.74, 6) is 0.739. The van der Waals surface area contributed by atoms with E-state index in [1.165, 1.54) is 12.0 Å². The van der Waals surface area contributed by atoms with Gasteiger partial charge >= 0.3 is 0 Å². The van der Waals surface area contributed by atoms with E-state index in [1.54, 1.807) is 18.2 Å². The molecule has 1 atom stereocenters. The average Bonchev–Trinajstić information content (AvgIpc) is 3.20. The zero-order valence-corrected chi connectivity index (χ0v) is 19.1. The fourth-order valence-corrected chi connectivity index (χ4v) is 4.58. The summed E-state index contributed by atoms with van der Waals surface area (Å²) in [4.78, 5) is 27.2. The first-order valence-corrected chi connectivity index (χ1v) is 11.7. The summed E-state index contributed by atoms with van der Waals surface area (Å²) < 4.78 is 11.5. The fraction of sp³-hybridized carbons (Fsp3) is 0.440. The number of rotatable bonds is 7. The van der Waals surface area contributed by atoms with E-state index in [0.717, 1.165) is 44.3 Å². The Balaban J connectivity index is 1.42. The third kappa shape index (κ3) is 5.18. The molecular formula is C25H29ClN2O4. The van der Waals surface area contributed by atoms with Crippen molar-refractivity contribution in [1.29, 1.82) is 0 Å². The molecule has 0 bridgehead atoms. The van der Waals surface area contributed by atoms with Crippen LogP contribution in [0.4, 0.5) is 0 Å². The molecule has 0 spiro atoms. The number of likely N-dealkylation sites (tertiary alicyclic amines) is 1. The molecule has 6 nitrogen and oxygen atoms in total. The quantitative estimate of drug-likeness (QED) is 0.663. The Morgan fingerprint density at radius 3 is 2.66 bits per heavy atom. The predicted octanol–water partition coefficient (Wildman–Crippen LogP) is 4.55. The van der Waals surface area contributed by atoms with Crippen molar-refractivity contribution in [1.82, 2.24) is 10.2 Å². The number of hydrogen-bond acceptors (Lipinski definition) is 4. The van der Waals surface area contributed by atoms with Crippen LogP contribution in [0, 0.1) is 0 Å². The molecular weight excluding hydrogens is 428 g/mol. The summed E-state index contributed by atoms with van der Waals surface area (Å²) in [5.41, 5.74) is 2.79. The lowest BCUT2D eigenvalue weighted by Gasteiger charge is -2.26. The maximum Gasteiger partial charge on any atom is 0.260 e. The summed E-state index contributed by atoms with van der Waals surface area (Å²) in [7, 11) is 0. The monoisotopic (exact) mass is 456 g/mol. The van der Waals surface area contributed by atoms with Crippen molar-refractivity contribution in [3.05, 3.63) is 58.1 Å². The molecule has 1 unspecified atom stereocenters. The van der Waals surface area contributed by atoms with Gasteiger partial charge in [-0.1, -0.05) is 17.7 Å². The van der Waals surface area contributed by atoms with Gasteiger partial charge in [0.1, 0.15) is 0 Å². The first kappa shape index (κ1) is 22.5. The Morgan fingerprint density at radius 1 is 1.06 bits per heavy atom. The Bertz CT molecular complexity index is 988. The van der Waals surface area contributed by atoms with Crippen molar-refractivity contribution in [3.8, 4) is 11.5 Å². The van der Waals surface area contributed by atoms with E-state index in [1.807, 2.05) is 30.0 Å². The molecule has 1 heterocycles. The van der Waals surface area contributed by atoms with Gasteiger partial charge in [0.25, 0.3) is 11.8 Å². The number of fused-ring (bicyclic) bond motifs is 1. The number of halogens is 1. The smallest absolute Gasteiger partial charge is 0.260 e. The van der Waals surface area contributed by atoms with Gasteiger partial charge in [-0.3, -0.25) is 9.59 Å². The van der Waals surface area contributed by atoms with E-state index in [4.69, 9.17) is 21.1 Å². The van der Waals surface area contributed by atoms with Crippen LogP contribution in [0.25, 0.3) is 0 Å². The minimum atomic E-state index is -0.172. The summed E-state index contributed by atoms with van der Waals surface area (Å²) in [6.07, 6.45) is 4.99. The van der Waals surface area contributed by atoms with Crippen molar-refractivity contribution in [2.75, 3.05) is 26.3 Å². The van der Waals surface area contributed by atoms with E-state index < -0.39 is 0 Å². The Labute approximate surface area is 193 Å². The van der Waals surface area contributed by atoms with Crippen molar-refractivity contribution in [2.24, 2.45) is 0 Å². The first-order chi connectivity index (χ1) is 15.5. The van der Waals surface area contributed by atoms with Crippen molar-refractivity contribution in [3.63, 3.8) is 0 Å². The van der Waals surface area contributed by atoms with Gasteiger partial charge in [0.2, 0.25) is 0 Å². The van der Waals surface area contributed by atoms with Gasteiger partial charge in [-0.15, -0.1) is 0 Å². The summed E-state index contributed by atoms with van der Waals surface area (Å²) >= 11 is 6.09. The van der Waals surface area contributed by atoms with Gasteiger partial charge in [0, 0.05) is 23.7 Å². The highest BCUT2D eigenvalue weighted by Gasteiger charge is 2.25. The van der Waals surface area contributed by atoms with E-state index in [-0.39, 0.29) is 24.5 Å². The van der Waals surface area contributed by atoms with Gasteiger partial charge < -0.3 is 19.7 Å². The lowest BCUT2D eigenvalue weighted by molar-refractivity contribution is -0.134. The summed E-state index contributed by atoms with van der Waals surface area (Å²) in [6, 6.07) is 10.9. The molecule has 0 saturated carbocycles. The number of nitrogens with one attached hydrogen (secondary N) is 1. The van der Waals surface area contributed by atoms with E-state index >= 15 is 0 Å². The van der Waals surface area contributed by atoms with Crippen LogP contribution in [-0.4, -0.2) is 43.0 Å². The minimum Gasteiger partial charge on any atom is -0.490 e. The molecule has 0 radical (unpaired) electrons. The van der Waals surface area contributed by atoms with Crippen LogP contribution in [-0.2, 0) is 11.2 Å². The average molecular weight is 457 g/mol. The topological polar surface area (TPSA) is 67.9 Å². The molecule has 1 aliphatic heterocycles.